The van der Waals surface area contributed by atoms with E-state index in [1.165, 1.54) is 12.1 Å². The lowest BCUT2D eigenvalue weighted by Crippen LogP contribution is -2.00. The standard InChI is InChI=1S/C16H8Cl3NO2/c17-9-3-1-2-8(4-9)14-7-12(16(21)22)11-5-10(18)6-13(19)15(11)20-14/h1-7H,(H,21,22). The normalized spacial score (nSPS) is 10.9. The topological polar surface area (TPSA) is 50.2 Å². The predicted molar refractivity (Wildman–Crippen MR) is 89.2 cm³/mol. The van der Waals surface area contributed by atoms with Gasteiger partial charge in [-0.3, -0.25) is 0 Å². The van der Waals surface area contributed by atoms with E-state index >= 15 is 0 Å². The number of carboxylic acid groups (broad SMARTS) is 1. The first-order chi connectivity index (χ1) is 10.5. The van der Waals surface area contributed by atoms with E-state index in [1.807, 2.05) is 0 Å². The number of benzene rings is 2. The van der Waals surface area contributed by atoms with Crippen LogP contribution in [0.25, 0.3) is 22.2 Å². The lowest BCUT2D eigenvalue weighted by molar-refractivity contribution is 0.0699. The zero-order valence-corrected chi connectivity index (χ0v) is 13.2. The van der Waals surface area contributed by atoms with E-state index in [9.17, 15) is 9.90 Å². The van der Waals surface area contributed by atoms with Gasteiger partial charge in [-0.1, -0.05) is 46.9 Å². The van der Waals surface area contributed by atoms with E-state index in [0.717, 1.165) is 0 Å². The monoisotopic (exact) mass is 351 g/mol. The van der Waals surface area contributed by atoms with Gasteiger partial charge in [-0.2, -0.15) is 0 Å². The highest BCUT2D eigenvalue weighted by Crippen LogP contribution is 2.32. The highest BCUT2D eigenvalue weighted by atomic mass is 35.5. The van der Waals surface area contributed by atoms with Crippen molar-refractivity contribution in [2.45, 2.75) is 0 Å². The minimum Gasteiger partial charge on any atom is -0.478 e. The van der Waals surface area contributed by atoms with Crippen LogP contribution in [0.15, 0.2) is 42.5 Å². The van der Waals surface area contributed by atoms with Gasteiger partial charge in [0, 0.05) is 21.0 Å². The van der Waals surface area contributed by atoms with Crippen molar-refractivity contribution in [2.75, 3.05) is 0 Å². The Morgan fingerprint density at radius 2 is 1.77 bits per heavy atom. The molecule has 0 radical (unpaired) electrons. The van der Waals surface area contributed by atoms with Crippen molar-refractivity contribution < 1.29 is 9.90 Å². The Hall–Kier alpha value is -1.81. The third-order valence-electron chi connectivity index (χ3n) is 3.18. The molecule has 0 saturated heterocycles. The Morgan fingerprint density at radius 1 is 1.00 bits per heavy atom. The van der Waals surface area contributed by atoms with Crippen molar-refractivity contribution in [3.63, 3.8) is 0 Å². The summed E-state index contributed by atoms with van der Waals surface area (Å²) in [6.07, 6.45) is 0. The number of carboxylic acids is 1. The molecule has 0 fully saturated rings. The van der Waals surface area contributed by atoms with Gasteiger partial charge in [0.1, 0.15) is 0 Å². The number of hydrogen-bond donors (Lipinski definition) is 1. The minimum atomic E-state index is -1.07. The molecule has 22 heavy (non-hydrogen) atoms. The van der Waals surface area contributed by atoms with Crippen molar-refractivity contribution >= 4 is 51.7 Å². The van der Waals surface area contributed by atoms with Gasteiger partial charge < -0.3 is 5.11 Å². The molecular formula is C16H8Cl3NO2. The summed E-state index contributed by atoms with van der Waals surface area (Å²) in [5, 5.41) is 11.0. The smallest absolute Gasteiger partial charge is 0.336 e. The minimum absolute atomic E-state index is 0.0874. The molecule has 6 heteroatoms. The lowest BCUT2D eigenvalue weighted by Gasteiger charge is -2.09. The van der Waals surface area contributed by atoms with Gasteiger partial charge in [0.2, 0.25) is 0 Å². The van der Waals surface area contributed by atoms with Gasteiger partial charge in [0.15, 0.2) is 0 Å². The summed E-state index contributed by atoms with van der Waals surface area (Å²) in [5.41, 5.74) is 1.67. The van der Waals surface area contributed by atoms with Crippen LogP contribution in [0.5, 0.6) is 0 Å². The van der Waals surface area contributed by atoms with E-state index < -0.39 is 5.97 Å². The van der Waals surface area contributed by atoms with Crippen LogP contribution >= 0.6 is 34.8 Å². The fourth-order valence-corrected chi connectivity index (χ4v) is 2.95. The van der Waals surface area contributed by atoms with Gasteiger partial charge in [-0.25, -0.2) is 9.78 Å². The maximum absolute atomic E-state index is 11.5. The molecule has 3 nitrogen and oxygen atoms in total. The lowest BCUT2D eigenvalue weighted by atomic mass is 10.0. The van der Waals surface area contributed by atoms with Crippen molar-refractivity contribution in [3.05, 3.63) is 63.1 Å². The summed E-state index contributed by atoms with van der Waals surface area (Å²) >= 11 is 18.1. The Balaban J connectivity index is 2.37. The van der Waals surface area contributed by atoms with Crippen molar-refractivity contribution in [3.8, 4) is 11.3 Å². The first kappa shape index (κ1) is 15.1. The van der Waals surface area contributed by atoms with Crippen LogP contribution in [0, 0.1) is 0 Å². The van der Waals surface area contributed by atoms with Crippen molar-refractivity contribution in [2.24, 2.45) is 0 Å². The summed E-state index contributed by atoms with van der Waals surface area (Å²) in [7, 11) is 0. The van der Waals surface area contributed by atoms with Gasteiger partial charge in [-0.05, 0) is 30.3 Å². The van der Waals surface area contributed by atoms with Gasteiger partial charge in [0.25, 0.3) is 0 Å². The number of carbonyl (C=O) groups is 1. The molecule has 1 heterocycles. The number of aromatic nitrogens is 1. The summed E-state index contributed by atoms with van der Waals surface area (Å²) in [6, 6.07) is 11.6. The van der Waals surface area contributed by atoms with E-state index in [1.54, 1.807) is 30.3 Å². The largest absolute Gasteiger partial charge is 0.478 e. The first-order valence-corrected chi connectivity index (χ1v) is 7.38. The summed E-state index contributed by atoms with van der Waals surface area (Å²) < 4.78 is 0. The molecule has 0 amide bonds. The third-order valence-corrected chi connectivity index (χ3v) is 3.92. The van der Waals surface area contributed by atoms with Crippen LogP contribution in [-0.2, 0) is 0 Å². The molecule has 1 aromatic heterocycles. The molecular weight excluding hydrogens is 345 g/mol. The van der Waals surface area contributed by atoms with Crippen LogP contribution in [0.3, 0.4) is 0 Å². The van der Waals surface area contributed by atoms with E-state index in [-0.39, 0.29) is 5.56 Å². The maximum Gasteiger partial charge on any atom is 0.336 e. The van der Waals surface area contributed by atoms with Crippen LogP contribution in [0.4, 0.5) is 0 Å². The number of nitrogens with zero attached hydrogens (tertiary/aromatic N) is 1. The number of hydrogen-bond acceptors (Lipinski definition) is 2. The number of fused-ring (bicyclic) bond motifs is 1. The Labute approximate surface area is 141 Å². The quantitative estimate of drug-likeness (QED) is 0.657. The van der Waals surface area contributed by atoms with E-state index in [2.05, 4.69) is 4.98 Å². The summed E-state index contributed by atoms with van der Waals surface area (Å²) in [4.78, 5) is 16.0. The molecule has 110 valence electrons. The molecule has 0 bridgehead atoms. The van der Waals surface area contributed by atoms with Crippen LogP contribution in [-0.4, -0.2) is 16.1 Å². The molecule has 0 aliphatic carbocycles. The third kappa shape index (κ3) is 2.75. The number of rotatable bonds is 2. The Morgan fingerprint density at radius 3 is 2.45 bits per heavy atom. The van der Waals surface area contributed by atoms with E-state index in [0.29, 0.717) is 37.2 Å². The molecule has 0 atom stereocenters. The second-order valence-electron chi connectivity index (χ2n) is 4.65. The molecule has 2 aromatic carbocycles. The first-order valence-electron chi connectivity index (χ1n) is 6.25. The Kier molecular flexibility index (Phi) is 3.96. The maximum atomic E-state index is 11.5. The zero-order chi connectivity index (χ0) is 15.9. The van der Waals surface area contributed by atoms with Gasteiger partial charge >= 0.3 is 5.97 Å². The second-order valence-corrected chi connectivity index (χ2v) is 5.93. The SMILES string of the molecule is O=C(O)c1cc(-c2cccc(Cl)c2)nc2c(Cl)cc(Cl)cc12. The molecule has 3 aromatic rings. The fraction of sp³-hybridized carbons (Fsp3) is 0. The van der Waals surface area contributed by atoms with E-state index in [4.69, 9.17) is 34.8 Å². The molecule has 0 saturated carbocycles. The molecule has 0 spiro atoms. The highest BCUT2D eigenvalue weighted by molar-refractivity contribution is 6.38. The van der Waals surface area contributed by atoms with Crippen molar-refractivity contribution in [1.29, 1.82) is 0 Å². The molecule has 0 unspecified atom stereocenters. The van der Waals surface area contributed by atoms with Crippen molar-refractivity contribution in [1.82, 2.24) is 4.98 Å². The van der Waals surface area contributed by atoms with Gasteiger partial charge in [0.05, 0.1) is 21.8 Å². The Bertz CT molecular complexity index is 909. The second kappa shape index (κ2) is 5.76. The molecule has 3 rings (SSSR count). The summed E-state index contributed by atoms with van der Waals surface area (Å²) in [6.45, 7) is 0. The van der Waals surface area contributed by atoms with Crippen LogP contribution < -0.4 is 0 Å². The number of aromatic carboxylic acids is 1. The zero-order valence-electron chi connectivity index (χ0n) is 11.0. The van der Waals surface area contributed by atoms with Crippen LogP contribution in [0.2, 0.25) is 15.1 Å². The van der Waals surface area contributed by atoms with Gasteiger partial charge in [-0.15, -0.1) is 0 Å². The average Bonchev–Trinajstić information content (AvgIpc) is 2.46. The fourth-order valence-electron chi connectivity index (χ4n) is 2.22. The molecule has 0 aliphatic rings. The summed E-state index contributed by atoms with van der Waals surface area (Å²) in [5.74, 6) is -1.07. The van der Waals surface area contributed by atoms with Crippen LogP contribution in [0.1, 0.15) is 10.4 Å². The number of pyridine rings is 1. The molecule has 0 aliphatic heterocycles. The predicted octanol–water partition coefficient (Wildman–Crippen LogP) is 5.56. The number of halogens is 3. The molecule has 1 N–H and O–H groups in total. The highest BCUT2D eigenvalue weighted by Gasteiger charge is 2.16. The average molecular weight is 353 g/mol.